The van der Waals surface area contributed by atoms with Crippen LogP contribution in [0.1, 0.15) is 44.1 Å². The van der Waals surface area contributed by atoms with Gasteiger partial charge in [-0.1, -0.05) is 37.8 Å². The molecule has 1 fully saturated rings. The lowest BCUT2D eigenvalue weighted by atomic mass is 10.2. The maximum Gasteiger partial charge on any atom is 0.183 e. The Labute approximate surface area is 109 Å². The summed E-state index contributed by atoms with van der Waals surface area (Å²) >= 11 is 0. The van der Waals surface area contributed by atoms with Crippen LogP contribution in [0.4, 0.5) is 5.69 Å². The molecule has 1 aliphatic carbocycles. The molecule has 2 N–H and O–H groups in total. The molecule has 18 heavy (non-hydrogen) atoms. The zero-order valence-corrected chi connectivity index (χ0v) is 11.7. The molecule has 0 bridgehead atoms. The summed E-state index contributed by atoms with van der Waals surface area (Å²) in [5, 5.41) is -0.246. The van der Waals surface area contributed by atoms with Crippen molar-refractivity contribution in [2.75, 3.05) is 5.73 Å². The van der Waals surface area contributed by atoms with Crippen LogP contribution in [0.25, 0.3) is 0 Å². The summed E-state index contributed by atoms with van der Waals surface area (Å²) in [6.45, 7) is 1.85. The Bertz CT molecular complexity index is 515. The van der Waals surface area contributed by atoms with Crippen LogP contribution in [0, 0.1) is 6.92 Å². The van der Waals surface area contributed by atoms with E-state index in [1.54, 1.807) is 12.1 Å². The van der Waals surface area contributed by atoms with Crippen LogP contribution in [0.2, 0.25) is 0 Å². The van der Waals surface area contributed by atoms with E-state index in [1.807, 2.05) is 13.0 Å². The second-order valence-corrected chi connectivity index (χ2v) is 7.34. The molecule has 0 spiro atoms. The molecule has 4 heteroatoms. The molecule has 2 rings (SSSR count). The van der Waals surface area contributed by atoms with E-state index < -0.39 is 9.84 Å². The van der Waals surface area contributed by atoms with Crippen molar-refractivity contribution in [1.82, 2.24) is 0 Å². The third kappa shape index (κ3) is 2.53. The van der Waals surface area contributed by atoms with Crippen LogP contribution in [-0.2, 0) is 9.84 Å². The van der Waals surface area contributed by atoms with E-state index in [0.29, 0.717) is 10.6 Å². The summed E-state index contributed by atoms with van der Waals surface area (Å²) in [5.41, 5.74) is 7.19. The lowest BCUT2D eigenvalue weighted by Crippen LogP contribution is -2.22. The Kier molecular flexibility index (Phi) is 3.95. The highest BCUT2D eigenvalue weighted by atomic mass is 32.2. The van der Waals surface area contributed by atoms with E-state index in [4.69, 9.17) is 5.73 Å². The molecule has 0 aliphatic heterocycles. The fraction of sp³-hybridized carbons (Fsp3) is 0.571. The first kappa shape index (κ1) is 13.4. The van der Waals surface area contributed by atoms with Crippen molar-refractivity contribution >= 4 is 15.5 Å². The van der Waals surface area contributed by atoms with Gasteiger partial charge in [0.15, 0.2) is 9.84 Å². The third-order valence-electron chi connectivity index (χ3n) is 3.83. The molecule has 1 saturated carbocycles. The number of para-hydroxylation sites is 1. The number of hydrogen-bond donors (Lipinski definition) is 1. The number of nitrogens with two attached hydrogens (primary N) is 1. The van der Waals surface area contributed by atoms with Crippen LogP contribution < -0.4 is 5.73 Å². The average molecular weight is 267 g/mol. The summed E-state index contributed by atoms with van der Waals surface area (Å²) in [7, 11) is -3.26. The minimum absolute atomic E-state index is 0.246. The number of benzene rings is 1. The number of aryl methyl sites for hydroxylation is 1. The normalized spacial score (nSPS) is 18.5. The number of anilines is 1. The molecule has 0 heterocycles. The quantitative estimate of drug-likeness (QED) is 0.661. The largest absolute Gasteiger partial charge is 0.397 e. The van der Waals surface area contributed by atoms with Gasteiger partial charge in [0.05, 0.1) is 15.8 Å². The lowest BCUT2D eigenvalue weighted by molar-refractivity contribution is 0.563. The lowest BCUT2D eigenvalue weighted by Gasteiger charge is -2.17. The topological polar surface area (TPSA) is 60.2 Å². The highest BCUT2D eigenvalue weighted by Crippen LogP contribution is 2.31. The van der Waals surface area contributed by atoms with Crippen molar-refractivity contribution in [2.45, 2.75) is 55.6 Å². The Morgan fingerprint density at radius 1 is 1.11 bits per heavy atom. The van der Waals surface area contributed by atoms with Gasteiger partial charge in [0.1, 0.15) is 0 Å². The van der Waals surface area contributed by atoms with Gasteiger partial charge in [-0.05, 0) is 31.4 Å². The second kappa shape index (κ2) is 5.31. The second-order valence-electron chi connectivity index (χ2n) is 5.15. The smallest absolute Gasteiger partial charge is 0.183 e. The molecule has 0 aromatic heterocycles. The number of rotatable bonds is 2. The minimum atomic E-state index is -3.26. The molecule has 1 aromatic rings. The minimum Gasteiger partial charge on any atom is -0.397 e. The van der Waals surface area contributed by atoms with Gasteiger partial charge in [0.25, 0.3) is 0 Å². The molecule has 100 valence electrons. The van der Waals surface area contributed by atoms with Crippen molar-refractivity contribution in [3.05, 3.63) is 23.8 Å². The summed E-state index contributed by atoms with van der Waals surface area (Å²) in [4.78, 5) is 0.328. The predicted molar refractivity (Wildman–Crippen MR) is 74.3 cm³/mol. The van der Waals surface area contributed by atoms with Gasteiger partial charge in [0.2, 0.25) is 0 Å². The van der Waals surface area contributed by atoms with E-state index in [1.165, 1.54) is 0 Å². The predicted octanol–water partition coefficient (Wildman–Crippen LogP) is 3.07. The van der Waals surface area contributed by atoms with Gasteiger partial charge in [-0.3, -0.25) is 0 Å². The van der Waals surface area contributed by atoms with Gasteiger partial charge in [-0.15, -0.1) is 0 Å². The standard InChI is InChI=1S/C14H21NO2S/c1-11-7-6-10-13(14(11)15)18(16,17)12-8-4-2-3-5-9-12/h6-7,10,12H,2-5,8-9,15H2,1H3. The first-order chi connectivity index (χ1) is 8.53. The maximum atomic E-state index is 12.6. The summed E-state index contributed by atoms with van der Waals surface area (Å²) < 4.78 is 25.3. The monoisotopic (exact) mass is 267 g/mol. The summed E-state index contributed by atoms with van der Waals surface area (Å²) in [6, 6.07) is 5.26. The van der Waals surface area contributed by atoms with Crippen molar-refractivity contribution in [1.29, 1.82) is 0 Å². The third-order valence-corrected chi connectivity index (χ3v) is 6.15. The van der Waals surface area contributed by atoms with Crippen LogP contribution >= 0.6 is 0 Å². The Morgan fingerprint density at radius 3 is 2.33 bits per heavy atom. The van der Waals surface area contributed by atoms with Crippen LogP contribution in [0.3, 0.4) is 0 Å². The number of nitrogen functional groups attached to an aromatic ring is 1. The first-order valence-electron chi connectivity index (χ1n) is 6.62. The number of hydrogen-bond acceptors (Lipinski definition) is 3. The van der Waals surface area contributed by atoms with Crippen molar-refractivity contribution in [3.8, 4) is 0 Å². The molecule has 1 aliphatic rings. The zero-order valence-electron chi connectivity index (χ0n) is 10.9. The van der Waals surface area contributed by atoms with Gasteiger partial charge < -0.3 is 5.73 Å². The molecule has 0 amide bonds. The van der Waals surface area contributed by atoms with E-state index in [0.717, 1.165) is 44.1 Å². The van der Waals surface area contributed by atoms with Gasteiger partial charge >= 0.3 is 0 Å². The SMILES string of the molecule is Cc1cccc(S(=O)(=O)C2CCCCCC2)c1N. The molecule has 3 nitrogen and oxygen atoms in total. The summed E-state index contributed by atoms with van der Waals surface area (Å²) in [5.74, 6) is 0. The number of sulfone groups is 1. The van der Waals surface area contributed by atoms with Crippen molar-refractivity contribution in [3.63, 3.8) is 0 Å². The van der Waals surface area contributed by atoms with E-state index in [2.05, 4.69) is 0 Å². The van der Waals surface area contributed by atoms with Crippen molar-refractivity contribution in [2.24, 2.45) is 0 Å². The molecule has 1 aromatic carbocycles. The molecule has 0 saturated heterocycles. The Balaban J connectivity index is 2.38. The van der Waals surface area contributed by atoms with Crippen LogP contribution in [0.15, 0.2) is 23.1 Å². The Morgan fingerprint density at radius 2 is 1.72 bits per heavy atom. The molecular weight excluding hydrogens is 246 g/mol. The van der Waals surface area contributed by atoms with Gasteiger partial charge in [0, 0.05) is 0 Å². The fourth-order valence-corrected chi connectivity index (χ4v) is 4.68. The van der Waals surface area contributed by atoms with Crippen LogP contribution in [-0.4, -0.2) is 13.7 Å². The summed E-state index contributed by atoms with van der Waals surface area (Å²) in [6.07, 6.45) is 5.86. The van der Waals surface area contributed by atoms with Crippen molar-refractivity contribution < 1.29 is 8.42 Å². The Hall–Kier alpha value is -1.03. The zero-order chi connectivity index (χ0) is 13.2. The highest BCUT2D eigenvalue weighted by Gasteiger charge is 2.29. The van der Waals surface area contributed by atoms with Crippen LogP contribution in [0.5, 0.6) is 0 Å². The first-order valence-corrected chi connectivity index (χ1v) is 8.17. The molecule has 0 unspecified atom stereocenters. The average Bonchev–Trinajstić information content (AvgIpc) is 2.61. The van der Waals surface area contributed by atoms with E-state index in [9.17, 15) is 8.42 Å². The molecular formula is C14H21NO2S. The van der Waals surface area contributed by atoms with Gasteiger partial charge in [-0.2, -0.15) is 0 Å². The van der Waals surface area contributed by atoms with E-state index >= 15 is 0 Å². The molecule has 0 radical (unpaired) electrons. The maximum absolute atomic E-state index is 12.6. The highest BCUT2D eigenvalue weighted by molar-refractivity contribution is 7.92. The van der Waals surface area contributed by atoms with E-state index in [-0.39, 0.29) is 5.25 Å². The fourth-order valence-electron chi connectivity index (χ4n) is 2.63. The molecule has 0 atom stereocenters. The van der Waals surface area contributed by atoms with Gasteiger partial charge in [-0.25, -0.2) is 8.42 Å².